The van der Waals surface area contributed by atoms with Crippen molar-refractivity contribution in [3.05, 3.63) is 24.3 Å². The largest absolute Gasteiger partial charge is 0.444 e. The van der Waals surface area contributed by atoms with Crippen LogP contribution in [0, 0.1) is 5.92 Å². The minimum atomic E-state index is -3.76. The van der Waals surface area contributed by atoms with E-state index < -0.39 is 15.6 Å². The van der Waals surface area contributed by atoms with Gasteiger partial charge in [0, 0.05) is 37.8 Å². The van der Waals surface area contributed by atoms with Gasteiger partial charge in [-0.3, -0.25) is 4.79 Å². The molecule has 1 aliphatic heterocycles. The molecule has 2 amide bonds. The van der Waals surface area contributed by atoms with Crippen LogP contribution in [0.5, 0.6) is 0 Å². The number of carbonyl (C=O) groups is 2. The molecule has 10 heteroatoms. The molecule has 1 saturated heterocycles. The summed E-state index contributed by atoms with van der Waals surface area (Å²) >= 11 is 0. The van der Waals surface area contributed by atoms with Crippen molar-refractivity contribution in [1.29, 1.82) is 0 Å². The quantitative estimate of drug-likeness (QED) is 0.587. The Labute approximate surface area is 197 Å². The predicted molar refractivity (Wildman–Crippen MR) is 128 cm³/mol. The number of nitrogens with zero attached hydrogens (tertiary/aromatic N) is 2. The monoisotopic (exact) mass is 482 g/mol. The average molecular weight is 483 g/mol. The van der Waals surface area contributed by atoms with Gasteiger partial charge < -0.3 is 19.9 Å². The van der Waals surface area contributed by atoms with Gasteiger partial charge in [-0.2, -0.15) is 0 Å². The number of rotatable bonds is 8. The average Bonchev–Trinajstić information content (AvgIpc) is 2.69. The number of ether oxygens (including phenoxy) is 1. The SMILES string of the molecule is CC(C)N(CC1CCCN(CCC(=O)Nc2ccc(S(N)(=O)=O)cc2)C1)C(=O)OC(C)(C)C. The van der Waals surface area contributed by atoms with E-state index in [-0.39, 0.29) is 22.9 Å². The summed E-state index contributed by atoms with van der Waals surface area (Å²) in [4.78, 5) is 29.0. The number of hydrogen-bond donors (Lipinski definition) is 2. The summed E-state index contributed by atoms with van der Waals surface area (Å²) in [6.45, 7) is 12.6. The normalized spacial score (nSPS) is 17.6. The Balaban J connectivity index is 1.85. The van der Waals surface area contributed by atoms with Crippen LogP contribution in [0.15, 0.2) is 29.2 Å². The Morgan fingerprint density at radius 1 is 1.24 bits per heavy atom. The minimum absolute atomic E-state index is 0.00156. The summed E-state index contributed by atoms with van der Waals surface area (Å²) in [5, 5.41) is 7.87. The molecule has 1 atom stereocenters. The zero-order valence-electron chi connectivity index (χ0n) is 20.3. The molecule has 0 saturated carbocycles. The summed E-state index contributed by atoms with van der Waals surface area (Å²) in [6.07, 6.45) is 2.08. The first-order valence-corrected chi connectivity index (χ1v) is 12.9. The number of anilines is 1. The number of sulfonamides is 1. The van der Waals surface area contributed by atoms with Crippen molar-refractivity contribution in [2.24, 2.45) is 11.1 Å². The van der Waals surface area contributed by atoms with Crippen molar-refractivity contribution in [3.8, 4) is 0 Å². The van der Waals surface area contributed by atoms with E-state index in [4.69, 9.17) is 9.88 Å². The predicted octanol–water partition coefficient (Wildman–Crippen LogP) is 3.02. The highest BCUT2D eigenvalue weighted by Gasteiger charge is 2.29. The number of piperidine rings is 1. The Morgan fingerprint density at radius 3 is 2.42 bits per heavy atom. The van der Waals surface area contributed by atoms with Gasteiger partial charge in [0.25, 0.3) is 0 Å². The van der Waals surface area contributed by atoms with Crippen LogP contribution in [0.2, 0.25) is 0 Å². The molecule has 33 heavy (non-hydrogen) atoms. The van der Waals surface area contributed by atoms with Crippen LogP contribution in [0.1, 0.15) is 53.9 Å². The molecular weight excluding hydrogens is 444 g/mol. The van der Waals surface area contributed by atoms with Crippen LogP contribution >= 0.6 is 0 Å². The maximum atomic E-state index is 12.6. The summed E-state index contributed by atoms with van der Waals surface area (Å²) < 4.78 is 28.2. The van der Waals surface area contributed by atoms with E-state index in [1.165, 1.54) is 24.3 Å². The van der Waals surface area contributed by atoms with E-state index in [1.807, 2.05) is 34.6 Å². The molecule has 9 nitrogen and oxygen atoms in total. The summed E-state index contributed by atoms with van der Waals surface area (Å²) in [6, 6.07) is 5.82. The van der Waals surface area contributed by atoms with Crippen LogP contribution in [0.25, 0.3) is 0 Å². The van der Waals surface area contributed by atoms with Gasteiger partial charge in [0.05, 0.1) is 4.90 Å². The molecule has 0 aromatic heterocycles. The van der Waals surface area contributed by atoms with Gasteiger partial charge in [0.2, 0.25) is 15.9 Å². The molecule has 1 heterocycles. The molecule has 1 unspecified atom stereocenters. The van der Waals surface area contributed by atoms with Crippen molar-refractivity contribution < 1.29 is 22.7 Å². The van der Waals surface area contributed by atoms with Crippen molar-refractivity contribution in [2.75, 3.05) is 31.5 Å². The third-order valence-electron chi connectivity index (χ3n) is 5.43. The van der Waals surface area contributed by atoms with Crippen molar-refractivity contribution in [1.82, 2.24) is 9.80 Å². The van der Waals surface area contributed by atoms with Crippen LogP contribution in [-0.2, 0) is 19.6 Å². The number of primary sulfonamides is 1. The van der Waals surface area contributed by atoms with E-state index in [0.29, 0.717) is 31.1 Å². The number of nitrogens with two attached hydrogens (primary N) is 1. The fourth-order valence-electron chi connectivity index (χ4n) is 3.81. The molecule has 1 aliphatic rings. The van der Waals surface area contributed by atoms with E-state index in [0.717, 1.165) is 25.9 Å². The lowest BCUT2D eigenvalue weighted by molar-refractivity contribution is -0.116. The summed E-state index contributed by atoms with van der Waals surface area (Å²) in [5.74, 6) is 0.181. The molecule has 1 aromatic rings. The third kappa shape index (κ3) is 9.30. The summed E-state index contributed by atoms with van der Waals surface area (Å²) in [7, 11) is -3.76. The molecular formula is C23H38N4O5S. The number of carbonyl (C=O) groups excluding carboxylic acids is 2. The topological polar surface area (TPSA) is 122 Å². The molecule has 0 aliphatic carbocycles. The maximum absolute atomic E-state index is 12.6. The second-order valence-electron chi connectivity index (χ2n) is 9.90. The molecule has 186 valence electrons. The molecule has 0 spiro atoms. The zero-order valence-corrected chi connectivity index (χ0v) is 21.2. The molecule has 3 N–H and O–H groups in total. The van der Waals surface area contributed by atoms with Gasteiger partial charge in [-0.05, 0) is 84.2 Å². The Hall–Kier alpha value is -2.17. The maximum Gasteiger partial charge on any atom is 0.410 e. The summed E-state index contributed by atoms with van der Waals surface area (Å²) in [5.41, 5.74) is -0.0106. The number of hydrogen-bond acceptors (Lipinski definition) is 6. The van der Waals surface area contributed by atoms with Gasteiger partial charge >= 0.3 is 6.09 Å². The second kappa shape index (κ2) is 11.3. The lowest BCUT2D eigenvalue weighted by Gasteiger charge is -2.37. The molecule has 1 fully saturated rings. The first-order chi connectivity index (χ1) is 15.2. The second-order valence-corrected chi connectivity index (χ2v) is 11.5. The zero-order chi connectivity index (χ0) is 24.8. The Morgan fingerprint density at radius 2 is 1.88 bits per heavy atom. The Bertz CT molecular complexity index is 910. The fraction of sp³-hybridized carbons (Fsp3) is 0.652. The molecule has 0 bridgehead atoms. The van der Waals surface area contributed by atoms with E-state index >= 15 is 0 Å². The van der Waals surface area contributed by atoms with Crippen LogP contribution in [-0.4, -0.2) is 68.0 Å². The van der Waals surface area contributed by atoms with Crippen LogP contribution < -0.4 is 10.5 Å². The molecule has 2 rings (SSSR count). The highest BCUT2D eigenvalue weighted by atomic mass is 32.2. The number of benzene rings is 1. The first-order valence-electron chi connectivity index (χ1n) is 11.4. The highest BCUT2D eigenvalue weighted by Crippen LogP contribution is 2.21. The first kappa shape index (κ1) is 27.1. The number of amides is 2. The van der Waals surface area contributed by atoms with Crippen molar-refractivity contribution >= 4 is 27.7 Å². The van der Waals surface area contributed by atoms with E-state index in [9.17, 15) is 18.0 Å². The van der Waals surface area contributed by atoms with Crippen molar-refractivity contribution in [2.45, 2.75) is 70.4 Å². The van der Waals surface area contributed by atoms with Gasteiger partial charge in [-0.1, -0.05) is 0 Å². The molecule has 0 radical (unpaired) electrons. The molecule has 1 aromatic carbocycles. The fourth-order valence-corrected chi connectivity index (χ4v) is 4.32. The van der Waals surface area contributed by atoms with Gasteiger partial charge in [-0.25, -0.2) is 18.4 Å². The van der Waals surface area contributed by atoms with Gasteiger partial charge in [0.15, 0.2) is 0 Å². The van der Waals surface area contributed by atoms with Crippen LogP contribution in [0.3, 0.4) is 0 Å². The lowest BCUT2D eigenvalue weighted by Crippen LogP contribution is -2.47. The van der Waals surface area contributed by atoms with Gasteiger partial charge in [-0.15, -0.1) is 0 Å². The Kier molecular flexibility index (Phi) is 9.28. The van der Waals surface area contributed by atoms with Crippen molar-refractivity contribution in [3.63, 3.8) is 0 Å². The highest BCUT2D eigenvalue weighted by molar-refractivity contribution is 7.89. The number of nitrogens with one attached hydrogen (secondary N) is 1. The van der Waals surface area contributed by atoms with E-state index in [1.54, 1.807) is 4.90 Å². The van der Waals surface area contributed by atoms with Gasteiger partial charge in [0.1, 0.15) is 5.60 Å². The number of likely N-dealkylation sites (tertiary alicyclic amines) is 1. The van der Waals surface area contributed by atoms with E-state index in [2.05, 4.69) is 10.2 Å². The van der Waals surface area contributed by atoms with Crippen LogP contribution in [0.4, 0.5) is 10.5 Å². The standard InChI is InChI=1S/C23H38N4O5S/c1-17(2)27(22(29)32-23(3,4)5)16-18-7-6-13-26(15-18)14-12-21(28)25-19-8-10-20(11-9-19)33(24,30)31/h8-11,17-18H,6-7,12-16H2,1-5H3,(H,25,28)(H2,24,30,31). The third-order valence-corrected chi connectivity index (χ3v) is 6.36. The lowest BCUT2D eigenvalue weighted by atomic mass is 9.97. The minimum Gasteiger partial charge on any atom is -0.444 e. The smallest absolute Gasteiger partial charge is 0.410 e.